The lowest BCUT2D eigenvalue weighted by molar-refractivity contribution is 0.0334. The van der Waals surface area contributed by atoms with Crippen LogP contribution in [0.1, 0.15) is 61.8 Å². The number of allylic oxidation sites excluding steroid dienone is 1. The Balaban J connectivity index is 3.16. The van der Waals surface area contributed by atoms with Crippen LogP contribution < -0.4 is 0 Å². The van der Waals surface area contributed by atoms with Gasteiger partial charge in [0.25, 0.3) is 0 Å². The molecular formula is C14H26O. The van der Waals surface area contributed by atoms with Crippen LogP contribution in [0, 0.1) is 10.8 Å². The van der Waals surface area contributed by atoms with E-state index in [1.54, 1.807) is 0 Å². The topological polar surface area (TPSA) is 9.23 Å². The first-order chi connectivity index (χ1) is 6.43. The summed E-state index contributed by atoms with van der Waals surface area (Å²) in [4.78, 5) is 0. The summed E-state index contributed by atoms with van der Waals surface area (Å²) < 4.78 is 6.13. The van der Waals surface area contributed by atoms with Crippen molar-refractivity contribution in [1.82, 2.24) is 0 Å². The summed E-state index contributed by atoms with van der Waals surface area (Å²) in [5, 5.41) is 0. The Morgan fingerprint density at radius 1 is 0.933 bits per heavy atom. The average molecular weight is 210 g/mol. The van der Waals surface area contributed by atoms with E-state index < -0.39 is 0 Å². The zero-order valence-electron chi connectivity index (χ0n) is 11.6. The second kappa shape index (κ2) is 3.26. The molecule has 0 spiro atoms. The van der Waals surface area contributed by atoms with Gasteiger partial charge < -0.3 is 4.74 Å². The molecule has 0 saturated heterocycles. The van der Waals surface area contributed by atoms with Crippen molar-refractivity contribution < 1.29 is 4.74 Å². The molecule has 1 heteroatoms. The van der Waals surface area contributed by atoms with Crippen LogP contribution in [0.4, 0.5) is 0 Å². The van der Waals surface area contributed by atoms with E-state index in [0.29, 0.717) is 0 Å². The predicted molar refractivity (Wildman–Crippen MR) is 65.7 cm³/mol. The maximum atomic E-state index is 6.13. The van der Waals surface area contributed by atoms with Gasteiger partial charge in [0.1, 0.15) is 11.4 Å². The normalized spacial score (nSPS) is 21.9. The summed E-state index contributed by atoms with van der Waals surface area (Å²) in [6.07, 6.45) is 1.06. The van der Waals surface area contributed by atoms with E-state index in [2.05, 4.69) is 55.4 Å². The minimum Gasteiger partial charge on any atom is -0.491 e. The Morgan fingerprint density at radius 3 is 1.67 bits per heavy atom. The Hall–Kier alpha value is -0.460. The highest BCUT2D eigenvalue weighted by atomic mass is 16.5. The molecule has 88 valence electrons. The largest absolute Gasteiger partial charge is 0.491 e. The van der Waals surface area contributed by atoms with E-state index in [1.807, 2.05) is 0 Å². The molecule has 0 aromatic rings. The van der Waals surface area contributed by atoms with Crippen LogP contribution in [0.2, 0.25) is 0 Å². The van der Waals surface area contributed by atoms with E-state index in [-0.39, 0.29) is 16.4 Å². The average Bonchev–Trinajstić information content (AvgIpc) is 2.23. The summed E-state index contributed by atoms with van der Waals surface area (Å²) in [6, 6.07) is 0. The maximum absolute atomic E-state index is 6.13. The van der Waals surface area contributed by atoms with E-state index in [1.165, 1.54) is 11.3 Å². The zero-order valence-corrected chi connectivity index (χ0v) is 11.6. The lowest BCUT2D eigenvalue weighted by Crippen LogP contribution is -2.21. The standard InChI is InChI=1S/C14H26O/c1-12(2,3)10-9-14(7,8)15-11(10)13(4,5)6/h9H2,1-8H3. The van der Waals surface area contributed by atoms with Crippen LogP contribution in [0.25, 0.3) is 0 Å². The van der Waals surface area contributed by atoms with Crippen molar-refractivity contribution >= 4 is 0 Å². The second-order valence-electron chi connectivity index (χ2n) is 7.35. The SMILES string of the molecule is CC1(C)CC(C(C)(C)C)=C(C(C)(C)C)O1. The Bertz CT molecular complexity index is 253. The fourth-order valence-corrected chi connectivity index (χ4v) is 2.09. The van der Waals surface area contributed by atoms with Gasteiger partial charge in [-0.1, -0.05) is 41.5 Å². The van der Waals surface area contributed by atoms with Crippen LogP contribution in [-0.4, -0.2) is 5.60 Å². The van der Waals surface area contributed by atoms with Crippen LogP contribution in [0.15, 0.2) is 11.3 Å². The van der Waals surface area contributed by atoms with Gasteiger partial charge in [-0.15, -0.1) is 0 Å². The summed E-state index contributed by atoms with van der Waals surface area (Å²) in [7, 11) is 0. The number of ether oxygens (including phenoxy) is 1. The van der Waals surface area contributed by atoms with Crippen molar-refractivity contribution in [2.45, 2.75) is 67.4 Å². The van der Waals surface area contributed by atoms with E-state index >= 15 is 0 Å². The van der Waals surface area contributed by atoms with Crippen molar-refractivity contribution in [3.63, 3.8) is 0 Å². The Kier molecular flexibility index (Phi) is 2.74. The van der Waals surface area contributed by atoms with Crippen molar-refractivity contribution in [2.75, 3.05) is 0 Å². The monoisotopic (exact) mass is 210 g/mol. The van der Waals surface area contributed by atoms with Crippen LogP contribution in [-0.2, 0) is 4.74 Å². The smallest absolute Gasteiger partial charge is 0.107 e. The molecule has 0 aromatic heterocycles. The van der Waals surface area contributed by atoms with Crippen molar-refractivity contribution in [2.24, 2.45) is 10.8 Å². The van der Waals surface area contributed by atoms with Crippen LogP contribution >= 0.6 is 0 Å². The quantitative estimate of drug-likeness (QED) is 0.570. The van der Waals surface area contributed by atoms with Gasteiger partial charge in [-0.3, -0.25) is 0 Å². The molecule has 0 atom stereocenters. The minimum atomic E-state index is -0.0226. The van der Waals surface area contributed by atoms with Crippen LogP contribution in [0.3, 0.4) is 0 Å². The second-order valence-corrected chi connectivity index (χ2v) is 7.35. The third kappa shape index (κ3) is 2.76. The Labute approximate surface area is 94.9 Å². The van der Waals surface area contributed by atoms with E-state index in [0.717, 1.165) is 6.42 Å². The molecule has 0 unspecified atom stereocenters. The highest BCUT2D eigenvalue weighted by molar-refractivity contribution is 5.26. The molecule has 1 aliphatic heterocycles. The highest BCUT2D eigenvalue weighted by Gasteiger charge is 2.41. The molecule has 0 N–H and O–H groups in total. The van der Waals surface area contributed by atoms with Gasteiger partial charge in [0.2, 0.25) is 0 Å². The molecule has 15 heavy (non-hydrogen) atoms. The van der Waals surface area contributed by atoms with Gasteiger partial charge in [-0.25, -0.2) is 0 Å². The maximum Gasteiger partial charge on any atom is 0.107 e. The van der Waals surface area contributed by atoms with Gasteiger partial charge in [0, 0.05) is 11.8 Å². The molecule has 0 radical (unpaired) electrons. The summed E-state index contributed by atoms with van der Waals surface area (Å²) in [6.45, 7) is 17.9. The summed E-state index contributed by atoms with van der Waals surface area (Å²) in [5.41, 5.74) is 1.80. The molecule has 0 saturated carbocycles. The first-order valence-electron chi connectivity index (χ1n) is 5.87. The first kappa shape index (κ1) is 12.6. The van der Waals surface area contributed by atoms with Gasteiger partial charge in [-0.2, -0.15) is 0 Å². The fourth-order valence-electron chi connectivity index (χ4n) is 2.09. The number of hydrogen-bond donors (Lipinski definition) is 0. The molecule has 1 aliphatic rings. The van der Waals surface area contributed by atoms with E-state index in [4.69, 9.17) is 4.74 Å². The van der Waals surface area contributed by atoms with Gasteiger partial charge in [0.15, 0.2) is 0 Å². The molecule has 0 amide bonds. The summed E-state index contributed by atoms with van der Waals surface area (Å²) >= 11 is 0. The third-order valence-electron chi connectivity index (χ3n) is 2.84. The molecule has 0 aromatic carbocycles. The fraction of sp³-hybridized carbons (Fsp3) is 0.857. The molecule has 0 bridgehead atoms. The molecule has 1 heterocycles. The third-order valence-corrected chi connectivity index (χ3v) is 2.84. The van der Waals surface area contributed by atoms with Crippen molar-refractivity contribution in [1.29, 1.82) is 0 Å². The molecule has 0 aliphatic carbocycles. The Morgan fingerprint density at radius 2 is 1.40 bits per heavy atom. The van der Waals surface area contributed by atoms with E-state index in [9.17, 15) is 0 Å². The predicted octanol–water partition coefficient (Wildman–Crippen LogP) is 4.53. The lowest BCUT2D eigenvalue weighted by atomic mass is 9.78. The van der Waals surface area contributed by atoms with Crippen molar-refractivity contribution in [3.8, 4) is 0 Å². The van der Waals surface area contributed by atoms with Crippen molar-refractivity contribution in [3.05, 3.63) is 11.3 Å². The minimum absolute atomic E-state index is 0.0226. The summed E-state index contributed by atoms with van der Waals surface area (Å²) in [5.74, 6) is 1.21. The molecule has 0 fully saturated rings. The zero-order chi connectivity index (χ0) is 12.1. The molecule has 1 nitrogen and oxygen atoms in total. The van der Waals surface area contributed by atoms with Gasteiger partial charge in [-0.05, 0) is 24.8 Å². The number of hydrogen-bond acceptors (Lipinski definition) is 1. The first-order valence-corrected chi connectivity index (χ1v) is 5.87. The molecular weight excluding hydrogens is 184 g/mol. The number of rotatable bonds is 0. The molecule has 1 rings (SSSR count). The highest BCUT2D eigenvalue weighted by Crippen LogP contribution is 2.48. The lowest BCUT2D eigenvalue weighted by Gasteiger charge is -2.28. The van der Waals surface area contributed by atoms with Gasteiger partial charge >= 0.3 is 0 Å². The van der Waals surface area contributed by atoms with Crippen LogP contribution in [0.5, 0.6) is 0 Å². The van der Waals surface area contributed by atoms with Gasteiger partial charge in [0.05, 0.1) is 0 Å².